The normalized spacial score (nSPS) is 12.4. The molecular weight excluding hydrogens is 326 g/mol. The second kappa shape index (κ2) is 8.31. The van der Waals surface area contributed by atoms with Crippen LogP contribution in [0.3, 0.4) is 0 Å². The molecule has 2 rings (SSSR count). The van der Waals surface area contributed by atoms with E-state index in [0.717, 1.165) is 17.8 Å². The molecule has 0 aliphatic heterocycles. The van der Waals surface area contributed by atoms with E-state index in [0.29, 0.717) is 23.4 Å². The number of benzene rings is 1. The number of rotatable bonds is 7. The summed E-state index contributed by atoms with van der Waals surface area (Å²) < 4.78 is 7.26. The van der Waals surface area contributed by atoms with Gasteiger partial charge in [-0.1, -0.05) is 31.5 Å². The van der Waals surface area contributed by atoms with Crippen LogP contribution in [-0.2, 0) is 9.53 Å². The van der Waals surface area contributed by atoms with Gasteiger partial charge in [0.15, 0.2) is 0 Å². The first-order valence-electron chi connectivity index (χ1n) is 8.12. The fourth-order valence-corrected chi connectivity index (χ4v) is 2.36. The van der Waals surface area contributed by atoms with Crippen molar-refractivity contribution in [3.8, 4) is 5.69 Å². The summed E-state index contributed by atoms with van der Waals surface area (Å²) in [6.07, 6.45) is 0.406. The Morgan fingerprint density at radius 1 is 1.33 bits per heavy atom. The summed E-state index contributed by atoms with van der Waals surface area (Å²) in [7, 11) is 0. The number of anilines is 1. The highest BCUT2D eigenvalue weighted by molar-refractivity contribution is 6.30. The van der Waals surface area contributed by atoms with E-state index in [1.807, 2.05) is 25.1 Å². The van der Waals surface area contributed by atoms with Crippen molar-refractivity contribution in [2.24, 2.45) is 5.92 Å². The first-order valence-corrected chi connectivity index (χ1v) is 8.49. The van der Waals surface area contributed by atoms with Gasteiger partial charge in [0.05, 0.1) is 11.4 Å². The molecule has 1 heterocycles. The van der Waals surface area contributed by atoms with E-state index in [2.05, 4.69) is 24.3 Å². The van der Waals surface area contributed by atoms with Gasteiger partial charge in [-0.3, -0.25) is 4.79 Å². The van der Waals surface area contributed by atoms with E-state index in [1.165, 1.54) is 0 Å². The summed E-state index contributed by atoms with van der Waals surface area (Å²) in [5, 5.41) is 7.92. The first-order chi connectivity index (χ1) is 11.4. The van der Waals surface area contributed by atoms with Crippen LogP contribution >= 0.6 is 11.6 Å². The van der Waals surface area contributed by atoms with E-state index >= 15 is 0 Å². The molecule has 0 aliphatic carbocycles. The van der Waals surface area contributed by atoms with Gasteiger partial charge in [0.25, 0.3) is 5.91 Å². The minimum Gasteiger partial charge on any atom is -0.369 e. The van der Waals surface area contributed by atoms with E-state index < -0.39 is 6.10 Å². The second-order valence-corrected chi connectivity index (χ2v) is 6.68. The number of nitrogens with one attached hydrogen (secondary N) is 1. The predicted molar refractivity (Wildman–Crippen MR) is 96.8 cm³/mol. The van der Waals surface area contributed by atoms with Gasteiger partial charge in [-0.25, -0.2) is 4.68 Å². The molecule has 0 bridgehead atoms. The minimum absolute atomic E-state index is 0.193. The van der Waals surface area contributed by atoms with Crippen molar-refractivity contribution in [1.82, 2.24) is 9.78 Å². The number of carbonyl (C=O) groups excluding carboxylic acids is 1. The average Bonchev–Trinajstić information content (AvgIpc) is 2.87. The van der Waals surface area contributed by atoms with Crippen LogP contribution in [0.25, 0.3) is 5.69 Å². The topological polar surface area (TPSA) is 56.1 Å². The third kappa shape index (κ3) is 5.08. The summed E-state index contributed by atoms with van der Waals surface area (Å²) in [5.41, 5.74) is 1.60. The summed E-state index contributed by atoms with van der Waals surface area (Å²) in [4.78, 5) is 12.3. The van der Waals surface area contributed by atoms with Crippen molar-refractivity contribution in [3.05, 3.63) is 41.0 Å². The molecular formula is C18H24ClN3O2. The molecule has 5 nitrogen and oxygen atoms in total. The number of aromatic nitrogens is 2. The van der Waals surface area contributed by atoms with Crippen LogP contribution < -0.4 is 5.32 Å². The number of carbonyl (C=O) groups is 1. The SMILES string of the molecule is Cc1cc(NC(=O)C(C)OCCC(C)C)n(-c2cccc(Cl)c2)n1. The molecule has 1 N–H and O–H groups in total. The van der Waals surface area contributed by atoms with E-state index in [9.17, 15) is 4.79 Å². The maximum absolute atomic E-state index is 12.3. The van der Waals surface area contributed by atoms with Crippen LogP contribution in [0.1, 0.15) is 32.9 Å². The van der Waals surface area contributed by atoms with Crippen molar-refractivity contribution in [2.45, 2.75) is 40.2 Å². The van der Waals surface area contributed by atoms with Crippen LogP contribution in [-0.4, -0.2) is 28.4 Å². The van der Waals surface area contributed by atoms with Crippen molar-refractivity contribution in [3.63, 3.8) is 0 Å². The molecule has 130 valence electrons. The third-order valence-electron chi connectivity index (χ3n) is 3.57. The first kappa shape index (κ1) is 18.5. The van der Waals surface area contributed by atoms with Crippen molar-refractivity contribution >= 4 is 23.3 Å². The Morgan fingerprint density at radius 2 is 2.08 bits per heavy atom. The Morgan fingerprint density at radius 3 is 2.75 bits per heavy atom. The molecule has 1 aromatic heterocycles. The van der Waals surface area contributed by atoms with Gasteiger partial charge < -0.3 is 10.1 Å². The van der Waals surface area contributed by atoms with Crippen LogP contribution in [0.2, 0.25) is 5.02 Å². The van der Waals surface area contributed by atoms with Gasteiger partial charge in [0.1, 0.15) is 11.9 Å². The Hall–Kier alpha value is -1.85. The Labute approximate surface area is 148 Å². The molecule has 0 spiro atoms. The predicted octanol–water partition coefficient (Wildman–Crippen LogP) is 4.22. The summed E-state index contributed by atoms with van der Waals surface area (Å²) in [6.45, 7) is 8.45. The molecule has 2 aromatic rings. The lowest BCUT2D eigenvalue weighted by molar-refractivity contribution is -0.126. The molecule has 0 saturated carbocycles. The highest BCUT2D eigenvalue weighted by Crippen LogP contribution is 2.20. The Bertz CT molecular complexity index is 697. The Kier molecular flexibility index (Phi) is 6.40. The number of hydrogen-bond acceptors (Lipinski definition) is 3. The maximum Gasteiger partial charge on any atom is 0.254 e. The fraction of sp³-hybridized carbons (Fsp3) is 0.444. The monoisotopic (exact) mass is 349 g/mol. The minimum atomic E-state index is -0.522. The van der Waals surface area contributed by atoms with Gasteiger partial charge in [-0.05, 0) is 44.4 Å². The molecule has 6 heteroatoms. The molecule has 1 atom stereocenters. The zero-order chi connectivity index (χ0) is 17.7. The smallest absolute Gasteiger partial charge is 0.254 e. The number of nitrogens with zero attached hydrogens (tertiary/aromatic N) is 2. The maximum atomic E-state index is 12.3. The molecule has 1 unspecified atom stereocenters. The summed E-state index contributed by atoms with van der Waals surface area (Å²) in [5.74, 6) is 0.952. The van der Waals surface area contributed by atoms with Crippen molar-refractivity contribution in [2.75, 3.05) is 11.9 Å². The molecule has 24 heavy (non-hydrogen) atoms. The van der Waals surface area contributed by atoms with E-state index in [-0.39, 0.29) is 5.91 Å². The number of halogens is 1. The van der Waals surface area contributed by atoms with E-state index in [1.54, 1.807) is 23.7 Å². The van der Waals surface area contributed by atoms with Gasteiger partial charge in [-0.15, -0.1) is 0 Å². The van der Waals surface area contributed by atoms with Crippen molar-refractivity contribution in [1.29, 1.82) is 0 Å². The lowest BCUT2D eigenvalue weighted by Crippen LogP contribution is -2.29. The zero-order valence-electron chi connectivity index (χ0n) is 14.5. The number of aryl methyl sites for hydroxylation is 1. The van der Waals surface area contributed by atoms with Gasteiger partial charge in [-0.2, -0.15) is 5.10 Å². The molecule has 0 aliphatic rings. The standard InChI is InChI=1S/C18H24ClN3O2/c1-12(2)8-9-24-14(4)18(23)20-17-10-13(3)21-22(17)16-7-5-6-15(19)11-16/h5-7,10-12,14H,8-9H2,1-4H3,(H,20,23). The van der Waals surface area contributed by atoms with Crippen LogP contribution in [0.15, 0.2) is 30.3 Å². The molecule has 1 aromatic carbocycles. The van der Waals surface area contributed by atoms with Gasteiger partial charge in [0, 0.05) is 17.7 Å². The van der Waals surface area contributed by atoms with Gasteiger partial charge >= 0.3 is 0 Å². The number of ether oxygens (including phenoxy) is 1. The molecule has 1 amide bonds. The number of amides is 1. The Balaban J connectivity index is 2.08. The van der Waals surface area contributed by atoms with Gasteiger partial charge in [0.2, 0.25) is 0 Å². The molecule has 0 saturated heterocycles. The highest BCUT2D eigenvalue weighted by atomic mass is 35.5. The average molecular weight is 350 g/mol. The number of hydrogen-bond donors (Lipinski definition) is 1. The lowest BCUT2D eigenvalue weighted by Gasteiger charge is -2.15. The summed E-state index contributed by atoms with van der Waals surface area (Å²) in [6, 6.07) is 9.14. The zero-order valence-corrected chi connectivity index (χ0v) is 15.3. The molecule has 0 fully saturated rings. The van der Waals surface area contributed by atoms with Crippen LogP contribution in [0.4, 0.5) is 5.82 Å². The molecule has 0 radical (unpaired) electrons. The second-order valence-electron chi connectivity index (χ2n) is 6.25. The quantitative estimate of drug-likeness (QED) is 0.814. The third-order valence-corrected chi connectivity index (χ3v) is 3.80. The lowest BCUT2D eigenvalue weighted by atomic mass is 10.1. The highest BCUT2D eigenvalue weighted by Gasteiger charge is 2.17. The van der Waals surface area contributed by atoms with Crippen molar-refractivity contribution < 1.29 is 9.53 Å². The van der Waals surface area contributed by atoms with Crippen LogP contribution in [0, 0.1) is 12.8 Å². The fourth-order valence-electron chi connectivity index (χ4n) is 2.18. The summed E-state index contributed by atoms with van der Waals surface area (Å²) >= 11 is 6.04. The largest absolute Gasteiger partial charge is 0.369 e. The van der Waals surface area contributed by atoms with E-state index in [4.69, 9.17) is 16.3 Å². The van der Waals surface area contributed by atoms with Crippen LogP contribution in [0.5, 0.6) is 0 Å².